The number of aryl methyl sites for hydroxylation is 1. The number of fused-ring (bicyclic) bond motifs is 1. The maximum atomic E-state index is 13.2. The van der Waals surface area contributed by atoms with Gasteiger partial charge in [0.05, 0.1) is 5.56 Å². The van der Waals surface area contributed by atoms with Gasteiger partial charge in [-0.3, -0.25) is 9.69 Å². The normalized spacial score (nSPS) is 19.6. The van der Waals surface area contributed by atoms with Crippen LogP contribution in [0.25, 0.3) is 11.0 Å². The lowest BCUT2D eigenvalue weighted by molar-refractivity contribution is 0.0927. The zero-order valence-electron chi connectivity index (χ0n) is 16.9. The average molecular weight is 385 g/mol. The highest BCUT2D eigenvalue weighted by molar-refractivity contribution is 6.09. The molecule has 1 aliphatic heterocycles. The van der Waals surface area contributed by atoms with Gasteiger partial charge in [-0.05, 0) is 57.8 Å². The van der Waals surface area contributed by atoms with Gasteiger partial charge in [0.25, 0.3) is 5.91 Å². The van der Waals surface area contributed by atoms with Crippen molar-refractivity contribution >= 4 is 16.9 Å². The third-order valence-electron chi connectivity index (χ3n) is 6.36. The molecule has 0 atom stereocenters. The molecule has 5 nitrogen and oxygen atoms in total. The first-order valence-electron chi connectivity index (χ1n) is 10.9. The maximum Gasteiger partial charge on any atom is 0.255 e. The molecule has 0 spiro atoms. The highest BCUT2D eigenvalue weighted by Crippen LogP contribution is 2.35. The molecule has 5 heteroatoms. The van der Waals surface area contributed by atoms with Crippen LogP contribution in [0.1, 0.15) is 79.5 Å². The molecule has 0 radical (unpaired) electrons. The minimum absolute atomic E-state index is 0.0640. The monoisotopic (exact) mass is 384 g/mol. The van der Waals surface area contributed by atoms with E-state index in [0.717, 1.165) is 36.9 Å². The molecule has 2 N–H and O–H groups in total. The zero-order valence-corrected chi connectivity index (χ0v) is 16.9. The van der Waals surface area contributed by atoms with Gasteiger partial charge < -0.3 is 14.8 Å². The Hall–Kier alpha value is -2.01. The fraction of sp³-hybridized carbons (Fsp3) is 0.609. The van der Waals surface area contributed by atoms with Crippen molar-refractivity contribution in [2.24, 2.45) is 0 Å². The van der Waals surface area contributed by atoms with Gasteiger partial charge in [-0.2, -0.15) is 0 Å². The second-order valence-electron chi connectivity index (χ2n) is 8.47. The Kier molecular flexibility index (Phi) is 5.90. The summed E-state index contributed by atoms with van der Waals surface area (Å²) in [5, 5.41) is 14.7. The summed E-state index contributed by atoms with van der Waals surface area (Å²) in [6.07, 6.45) is 10.6. The van der Waals surface area contributed by atoms with Crippen LogP contribution in [0.5, 0.6) is 5.75 Å². The van der Waals surface area contributed by atoms with Crippen LogP contribution in [0.2, 0.25) is 0 Å². The molecule has 1 aromatic heterocycles. The number of rotatable bonds is 4. The molecule has 2 heterocycles. The molecule has 1 aromatic carbocycles. The number of likely N-dealkylation sites (tertiary alicyclic amines) is 1. The van der Waals surface area contributed by atoms with Crippen LogP contribution in [0.4, 0.5) is 0 Å². The van der Waals surface area contributed by atoms with Crippen LogP contribution in [-0.4, -0.2) is 35.0 Å². The van der Waals surface area contributed by atoms with Crippen molar-refractivity contribution in [2.45, 2.75) is 77.3 Å². The van der Waals surface area contributed by atoms with Crippen LogP contribution < -0.4 is 5.32 Å². The molecular weight excluding hydrogens is 352 g/mol. The maximum absolute atomic E-state index is 13.2. The predicted molar refractivity (Wildman–Crippen MR) is 111 cm³/mol. The van der Waals surface area contributed by atoms with Crippen molar-refractivity contribution in [2.75, 3.05) is 13.1 Å². The first-order valence-corrected chi connectivity index (χ1v) is 10.9. The molecule has 152 valence electrons. The Morgan fingerprint density at radius 3 is 2.50 bits per heavy atom. The highest BCUT2D eigenvalue weighted by Gasteiger charge is 2.26. The zero-order chi connectivity index (χ0) is 19.5. The summed E-state index contributed by atoms with van der Waals surface area (Å²) in [5.74, 6) is 0.821. The lowest BCUT2D eigenvalue weighted by Gasteiger charge is -2.23. The molecular formula is C23H32N2O3. The van der Waals surface area contributed by atoms with Crippen molar-refractivity contribution in [3.05, 3.63) is 29.0 Å². The number of nitrogens with zero attached hydrogens (tertiary/aromatic N) is 1. The van der Waals surface area contributed by atoms with E-state index >= 15 is 0 Å². The molecule has 0 bridgehead atoms. The molecule has 2 aliphatic rings. The van der Waals surface area contributed by atoms with E-state index in [2.05, 4.69) is 10.2 Å². The van der Waals surface area contributed by atoms with Crippen molar-refractivity contribution in [1.82, 2.24) is 10.2 Å². The van der Waals surface area contributed by atoms with E-state index < -0.39 is 0 Å². The highest BCUT2D eigenvalue weighted by atomic mass is 16.3. The molecule has 0 unspecified atom stereocenters. The van der Waals surface area contributed by atoms with Crippen LogP contribution in [-0.2, 0) is 6.54 Å². The fourth-order valence-corrected chi connectivity index (χ4v) is 4.82. The van der Waals surface area contributed by atoms with Crippen LogP contribution in [0.3, 0.4) is 0 Å². The third kappa shape index (κ3) is 4.04. The quantitative estimate of drug-likeness (QED) is 0.788. The minimum atomic E-state index is -0.0640. The molecule has 2 aromatic rings. The van der Waals surface area contributed by atoms with E-state index in [0.29, 0.717) is 23.5 Å². The Bertz CT molecular complexity index is 828. The number of furan rings is 1. The van der Waals surface area contributed by atoms with E-state index in [4.69, 9.17) is 4.42 Å². The largest absolute Gasteiger partial charge is 0.508 e. The van der Waals surface area contributed by atoms with Gasteiger partial charge >= 0.3 is 0 Å². The molecule has 28 heavy (non-hydrogen) atoms. The SMILES string of the molecule is Cc1oc2ccc(O)c(CN3CCCCCC3)c2c1C(=O)NC1CCCCC1. The minimum Gasteiger partial charge on any atom is -0.508 e. The lowest BCUT2D eigenvalue weighted by Crippen LogP contribution is -2.36. The van der Waals surface area contributed by atoms with Gasteiger partial charge in [-0.25, -0.2) is 0 Å². The number of nitrogens with one attached hydrogen (secondary N) is 1. The number of carbonyl (C=O) groups is 1. The molecule has 1 amide bonds. The number of hydrogen-bond donors (Lipinski definition) is 2. The number of aromatic hydroxyl groups is 1. The Morgan fingerprint density at radius 1 is 1.11 bits per heavy atom. The van der Waals surface area contributed by atoms with Gasteiger partial charge in [-0.1, -0.05) is 32.1 Å². The molecule has 1 aliphatic carbocycles. The van der Waals surface area contributed by atoms with E-state index in [1.807, 2.05) is 6.92 Å². The van der Waals surface area contributed by atoms with E-state index in [9.17, 15) is 9.90 Å². The Balaban J connectivity index is 1.66. The molecule has 1 saturated heterocycles. The summed E-state index contributed by atoms with van der Waals surface area (Å²) in [7, 11) is 0. The van der Waals surface area contributed by atoms with Crippen molar-refractivity contribution in [1.29, 1.82) is 0 Å². The number of benzene rings is 1. The molecule has 2 fully saturated rings. The van der Waals surface area contributed by atoms with Gasteiger partial charge in [0, 0.05) is 23.5 Å². The first kappa shape index (κ1) is 19.3. The number of phenols is 1. The van der Waals surface area contributed by atoms with E-state index in [1.165, 1.54) is 44.9 Å². The van der Waals surface area contributed by atoms with Crippen LogP contribution in [0.15, 0.2) is 16.5 Å². The van der Waals surface area contributed by atoms with E-state index in [1.54, 1.807) is 12.1 Å². The lowest BCUT2D eigenvalue weighted by atomic mass is 9.95. The van der Waals surface area contributed by atoms with Crippen LogP contribution in [0, 0.1) is 6.92 Å². The van der Waals surface area contributed by atoms with Gasteiger partial charge in [0.1, 0.15) is 17.1 Å². The van der Waals surface area contributed by atoms with Crippen molar-refractivity contribution in [3.63, 3.8) is 0 Å². The number of carbonyl (C=O) groups excluding carboxylic acids is 1. The third-order valence-corrected chi connectivity index (χ3v) is 6.36. The predicted octanol–water partition coefficient (Wildman–Crippen LogP) is 4.89. The van der Waals surface area contributed by atoms with Gasteiger partial charge in [0.15, 0.2) is 0 Å². The number of amides is 1. The van der Waals surface area contributed by atoms with Gasteiger partial charge in [0.2, 0.25) is 0 Å². The Labute approximate surface area is 167 Å². The van der Waals surface area contributed by atoms with Crippen molar-refractivity contribution in [3.8, 4) is 5.75 Å². The topological polar surface area (TPSA) is 65.7 Å². The summed E-state index contributed by atoms with van der Waals surface area (Å²) in [4.78, 5) is 15.5. The second kappa shape index (κ2) is 8.56. The molecule has 1 saturated carbocycles. The summed E-state index contributed by atoms with van der Waals surface area (Å²) < 4.78 is 5.93. The first-order chi connectivity index (χ1) is 13.6. The average Bonchev–Trinajstić information content (AvgIpc) is 2.85. The number of phenolic OH excluding ortho intramolecular Hbond substituents is 1. The van der Waals surface area contributed by atoms with Crippen molar-refractivity contribution < 1.29 is 14.3 Å². The number of hydrogen-bond acceptors (Lipinski definition) is 4. The Morgan fingerprint density at radius 2 is 1.79 bits per heavy atom. The smallest absolute Gasteiger partial charge is 0.255 e. The molecule has 4 rings (SSSR count). The summed E-state index contributed by atoms with van der Waals surface area (Å²) in [6.45, 7) is 4.58. The second-order valence-corrected chi connectivity index (χ2v) is 8.47. The fourth-order valence-electron chi connectivity index (χ4n) is 4.82. The van der Waals surface area contributed by atoms with Crippen LogP contribution >= 0.6 is 0 Å². The summed E-state index contributed by atoms with van der Waals surface area (Å²) >= 11 is 0. The standard InChI is InChI=1S/C23H32N2O3/c1-16-21(23(27)24-17-9-5-4-6-10-17)22-18(19(26)11-12-20(22)28-16)15-25-13-7-2-3-8-14-25/h11-12,17,26H,2-10,13-15H2,1H3,(H,24,27). The van der Waals surface area contributed by atoms with E-state index in [-0.39, 0.29) is 17.7 Å². The summed E-state index contributed by atoms with van der Waals surface area (Å²) in [5.41, 5.74) is 2.11. The summed E-state index contributed by atoms with van der Waals surface area (Å²) in [6, 6.07) is 3.72. The van der Waals surface area contributed by atoms with Gasteiger partial charge in [-0.15, -0.1) is 0 Å².